The van der Waals surface area contributed by atoms with Gasteiger partial charge in [0.25, 0.3) is 5.91 Å². The topological polar surface area (TPSA) is 78.9 Å². The number of carbonyl (C=O) groups is 1. The van der Waals surface area contributed by atoms with Gasteiger partial charge in [0.2, 0.25) is 0 Å². The monoisotopic (exact) mass is 497 g/mol. The molecule has 35 heavy (non-hydrogen) atoms. The van der Waals surface area contributed by atoms with E-state index in [-0.39, 0.29) is 34.2 Å². The fourth-order valence-electron chi connectivity index (χ4n) is 3.20. The summed E-state index contributed by atoms with van der Waals surface area (Å²) in [5, 5.41) is 12.1. The molecule has 1 amide bonds. The number of amides is 1. The predicted molar refractivity (Wildman–Crippen MR) is 123 cm³/mol. The van der Waals surface area contributed by atoms with E-state index in [9.17, 15) is 27.6 Å². The Hall–Kier alpha value is -4.23. The SMILES string of the molecule is N#C/C(=C\c1ccc(-c2ccccc2F)o1)C(=O)Nc1ncc(Cc2cccc(C(F)(F)F)c2)s1. The molecule has 0 saturated carbocycles. The normalized spacial score (nSPS) is 11.8. The van der Waals surface area contributed by atoms with Gasteiger partial charge >= 0.3 is 6.18 Å². The zero-order chi connectivity index (χ0) is 25.0. The van der Waals surface area contributed by atoms with Crippen molar-refractivity contribution in [2.24, 2.45) is 0 Å². The fourth-order valence-corrected chi connectivity index (χ4v) is 4.04. The van der Waals surface area contributed by atoms with E-state index in [0.29, 0.717) is 10.4 Å². The summed E-state index contributed by atoms with van der Waals surface area (Å²) in [6.07, 6.45) is -1.57. The highest BCUT2D eigenvalue weighted by Crippen LogP contribution is 2.31. The summed E-state index contributed by atoms with van der Waals surface area (Å²) in [5.41, 5.74) is -0.323. The average Bonchev–Trinajstić information content (AvgIpc) is 3.47. The molecular weight excluding hydrogens is 482 g/mol. The highest BCUT2D eigenvalue weighted by Gasteiger charge is 2.30. The third kappa shape index (κ3) is 5.83. The molecule has 0 saturated heterocycles. The molecule has 2 heterocycles. The summed E-state index contributed by atoms with van der Waals surface area (Å²) in [6.45, 7) is 0. The third-order valence-corrected chi connectivity index (χ3v) is 5.74. The number of nitrogens with one attached hydrogen (secondary N) is 1. The van der Waals surface area contributed by atoms with E-state index in [1.165, 1.54) is 36.5 Å². The van der Waals surface area contributed by atoms with Crippen molar-refractivity contribution < 1.29 is 26.8 Å². The number of thiazole rings is 1. The van der Waals surface area contributed by atoms with Crippen LogP contribution in [0, 0.1) is 17.1 Å². The molecule has 0 aliphatic rings. The molecule has 0 fully saturated rings. The molecule has 0 atom stereocenters. The van der Waals surface area contributed by atoms with Gasteiger partial charge in [-0.25, -0.2) is 9.37 Å². The lowest BCUT2D eigenvalue weighted by molar-refractivity contribution is -0.137. The first-order chi connectivity index (χ1) is 16.7. The fraction of sp³-hybridized carbons (Fsp3) is 0.0800. The van der Waals surface area contributed by atoms with E-state index in [0.717, 1.165) is 23.5 Å². The first kappa shape index (κ1) is 23.9. The quantitative estimate of drug-likeness (QED) is 0.183. The van der Waals surface area contributed by atoms with E-state index in [1.807, 2.05) is 0 Å². The third-order valence-electron chi connectivity index (χ3n) is 4.82. The van der Waals surface area contributed by atoms with Crippen molar-refractivity contribution in [3.8, 4) is 17.4 Å². The number of halogens is 4. The van der Waals surface area contributed by atoms with Gasteiger partial charge in [0.05, 0.1) is 11.1 Å². The molecule has 4 rings (SSSR count). The number of hydrogen-bond acceptors (Lipinski definition) is 5. The van der Waals surface area contributed by atoms with Gasteiger partial charge < -0.3 is 4.42 Å². The Morgan fingerprint density at radius 3 is 2.69 bits per heavy atom. The van der Waals surface area contributed by atoms with Crippen LogP contribution in [0.1, 0.15) is 21.8 Å². The Bertz CT molecular complexity index is 1450. The molecule has 0 radical (unpaired) electrons. The van der Waals surface area contributed by atoms with Crippen molar-refractivity contribution >= 4 is 28.5 Å². The molecule has 2 aromatic heterocycles. The Morgan fingerprint density at radius 1 is 1.14 bits per heavy atom. The lowest BCUT2D eigenvalue weighted by Crippen LogP contribution is -2.13. The van der Waals surface area contributed by atoms with Crippen molar-refractivity contribution in [2.45, 2.75) is 12.6 Å². The number of anilines is 1. The molecule has 176 valence electrons. The molecule has 0 aliphatic carbocycles. The molecule has 2 aromatic carbocycles. The van der Waals surface area contributed by atoms with Crippen molar-refractivity contribution in [3.63, 3.8) is 0 Å². The van der Waals surface area contributed by atoms with Crippen LogP contribution in [0.25, 0.3) is 17.4 Å². The van der Waals surface area contributed by atoms with E-state index < -0.39 is 23.5 Å². The zero-order valence-corrected chi connectivity index (χ0v) is 18.6. The van der Waals surface area contributed by atoms with Crippen LogP contribution in [0.4, 0.5) is 22.7 Å². The van der Waals surface area contributed by atoms with E-state index in [1.54, 1.807) is 30.3 Å². The molecular formula is C25H15F4N3O2S. The second-order valence-corrected chi connectivity index (χ2v) is 8.43. The molecule has 5 nitrogen and oxygen atoms in total. The first-order valence-electron chi connectivity index (χ1n) is 10.1. The smallest absolute Gasteiger partial charge is 0.416 e. The number of furan rings is 1. The molecule has 10 heteroatoms. The molecule has 0 bridgehead atoms. The first-order valence-corrected chi connectivity index (χ1v) is 10.9. The Labute approximate surface area is 201 Å². The summed E-state index contributed by atoms with van der Waals surface area (Å²) < 4.78 is 58.2. The van der Waals surface area contributed by atoms with Crippen molar-refractivity contribution in [1.82, 2.24) is 4.98 Å². The van der Waals surface area contributed by atoms with E-state index >= 15 is 0 Å². The van der Waals surface area contributed by atoms with Gasteiger partial charge in [-0.15, -0.1) is 11.3 Å². The zero-order valence-electron chi connectivity index (χ0n) is 17.8. The maximum atomic E-state index is 13.9. The molecule has 0 unspecified atom stereocenters. The number of alkyl halides is 3. The lowest BCUT2D eigenvalue weighted by atomic mass is 10.1. The van der Waals surface area contributed by atoms with Crippen LogP contribution in [0.5, 0.6) is 0 Å². The maximum absolute atomic E-state index is 13.9. The predicted octanol–water partition coefficient (Wildman–Crippen LogP) is 6.70. The van der Waals surface area contributed by atoms with Gasteiger partial charge in [0.15, 0.2) is 5.13 Å². The van der Waals surface area contributed by atoms with Crippen molar-refractivity contribution in [1.29, 1.82) is 5.26 Å². The van der Waals surface area contributed by atoms with Crippen LogP contribution in [-0.2, 0) is 17.4 Å². The summed E-state index contributed by atoms with van der Waals surface area (Å²) in [7, 11) is 0. The molecule has 4 aromatic rings. The second kappa shape index (κ2) is 9.95. The van der Waals surface area contributed by atoms with Crippen molar-refractivity contribution in [3.05, 3.63) is 100 Å². The molecule has 0 aliphatic heterocycles. The molecule has 1 N–H and O–H groups in total. The Morgan fingerprint density at radius 2 is 1.94 bits per heavy atom. The minimum atomic E-state index is -4.44. The highest BCUT2D eigenvalue weighted by atomic mass is 32.1. The minimum absolute atomic E-state index is 0.180. The summed E-state index contributed by atoms with van der Waals surface area (Å²) in [4.78, 5) is 17.2. The maximum Gasteiger partial charge on any atom is 0.416 e. The minimum Gasteiger partial charge on any atom is -0.457 e. The van der Waals surface area contributed by atoms with Crippen LogP contribution < -0.4 is 5.32 Å². The second-order valence-electron chi connectivity index (χ2n) is 7.31. The van der Waals surface area contributed by atoms with Gasteiger partial charge in [0.1, 0.15) is 29.0 Å². The number of benzene rings is 2. The van der Waals surface area contributed by atoms with Crippen LogP contribution in [0.3, 0.4) is 0 Å². The van der Waals surface area contributed by atoms with Gasteiger partial charge in [-0.05, 0) is 35.9 Å². The van der Waals surface area contributed by atoms with Gasteiger partial charge in [-0.3, -0.25) is 10.1 Å². The van der Waals surface area contributed by atoms with Gasteiger partial charge in [-0.2, -0.15) is 18.4 Å². The number of nitrogens with zero attached hydrogens (tertiary/aromatic N) is 2. The summed E-state index contributed by atoms with van der Waals surface area (Å²) in [5.74, 6) is -0.790. The largest absolute Gasteiger partial charge is 0.457 e. The standard InChI is InChI=1S/C25H15F4N3O2S/c26-21-7-2-1-6-20(21)22-9-8-18(34-22)12-16(13-30)23(33)32-24-31-14-19(35-24)11-15-4-3-5-17(10-15)25(27,28)29/h1-10,12,14H,11H2,(H,31,32,33)/b16-12+. The number of aromatic nitrogens is 1. The molecule has 0 spiro atoms. The lowest BCUT2D eigenvalue weighted by Gasteiger charge is -2.07. The van der Waals surface area contributed by atoms with Crippen LogP contribution in [0.2, 0.25) is 0 Å². The number of rotatable bonds is 6. The average molecular weight is 497 g/mol. The summed E-state index contributed by atoms with van der Waals surface area (Å²) >= 11 is 1.08. The van der Waals surface area contributed by atoms with Crippen molar-refractivity contribution in [2.75, 3.05) is 5.32 Å². The van der Waals surface area contributed by atoms with Crippen LogP contribution >= 0.6 is 11.3 Å². The van der Waals surface area contributed by atoms with Gasteiger partial charge in [-0.1, -0.05) is 30.3 Å². The van der Waals surface area contributed by atoms with Crippen LogP contribution in [-0.4, -0.2) is 10.9 Å². The number of carbonyl (C=O) groups excluding carboxylic acids is 1. The number of nitriles is 1. The van der Waals surface area contributed by atoms with E-state index in [2.05, 4.69) is 10.3 Å². The Balaban J connectivity index is 1.45. The van der Waals surface area contributed by atoms with E-state index in [4.69, 9.17) is 4.42 Å². The van der Waals surface area contributed by atoms with Gasteiger partial charge in [0, 0.05) is 23.6 Å². The summed E-state index contributed by atoms with van der Waals surface area (Å²) in [6, 6.07) is 15.8. The Kier molecular flexibility index (Phi) is 6.80. The highest BCUT2D eigenvalue weighted by molar-refractivity contribution is 7.15. The number of hydrogen-bond donors (Lipinski definition) is 1. The van der Waals surface area contributed by atoms with Crippen LogP contribution in [0.15, 0.2) is 76.9 Å².